The van der Waals surface area contributed by atoms with Crippen LogP contribution in [0.2, 0.25) is 0 Å². The van der Waals surface area contributed by atoms with Crippen molar-refractivity contribution in [1.82, 2.24) is 0 Å². The summed E-state index contributed by atoms with van der Waals surface area (Å²) >= 11 is 0. The van der Waals surface area contributed by atoms with Crippen LogP contribution in [0.4, 0.5) is 11.4 Å². The number of nitro benzene ring substituents is 1. The molecule has 0 radical (unpaired) electrons. The van der Waals surface area contributed by atoms with E-state index < -0.39 is 0 Å². The van der Waals surface area contributed by atoms with Gasteiger partial charge < -0.3 is 0 Å². The minimum atomic E-state index is -0.361. The van der Waals surface area contributed by atoms with Gasteiger partial charge in [-0.15, -0.1) is 0 Å². The van der Waals surface area contributed by atoms with Gasteiger partial charge in [-0.05, 0) is 30.0 Å². The maximum atomic E-state index is 10.9. The lowest BCUT2D eigenvalue weighted by Crippen LogP contribution is -1.92. The molecular formula is C17H18N2O2. The monoisotopic (exact) mass is 282 g/mol. The normalized spacial score (nSPS) is 10.9. The van der Waals surface area contributed by atoms with Crippen molar-refractivity contribution >= 4 is 17.6 Å². The Labute approximate surface area is 124 Å². The van der Waals surface area contributed by atoms with E-state index >= 15 is 0 Å². The molecule has 0 aliphatic heterocycles. The van der Waals surface area contributed by atoms with Crippen LogP contribution in [0.5, 0.6) is 0 Å². The zero-order chi connectivity index (χ0) is 15.1. The highest BCUT2D eigenvalue weighted by Crippen LogP contribution is 2.26. The van der Waals surface area contributed by atoms with E-state index in [1.807, 2.05) is 30.3 Å². The molecule has 0 N–H and O–H groups in total. The number of hydrogen-bond donors (Lipinski definition) is 0. The molecule has 0 aliphatic carbocycles. The van der Waals surface area contributed by atoms with Crippen LogP contribution in [0.15, 0.2) is 53.5 Å². The van der Waals surface area contributed by atoms with Crippen molar-refractivity contribution in [3.05, 3.63) is 69.8 Å². The van der Waals surface area contributed by atoms with E-state index in [0.29, 0.717) is 0 Å². The molecule has 2 rings (SSSR count). The summed E-state index contributed by atoms with van der Waals surface area (Å²) in [5.41, 5.74) is 2.87. The molecule has 0 unspecified atom stereocenters. The molecule has 0 saturated heterocycles. The maximum absolute atomic E-state index is 10.9. The van der Waals surface area contributed by atoms with Crippen molar-refractivity contribution in [2.45, 2.75) is 26.2 Å². The SMILES string of the molecule is CCCCc1cc([N+](=O)[O-])ccc1N=Cc1ccccc1. The van der Waals surface area contributed by atoms with Gasteiger partial charge in [-0.3, -0.25) is 15.1 Å². The molecule has 21 heavy (non-hydrogen) atoms. The van der Waals surface area contributed by atoms with Crippen molar-refractivity contribution in [2.75, 3.05) is 0 Å². The van der Waals surface area contributed by atoms with Gasteiger partial charge in [0.1, 0.15) is 0 Å². The molecule has 2 aromatic rings. The quantitative estimate of drug-likeness (QED) is 0.438. The van der Waals surface area contributed by atoms with Crippen LogP contribution in [0.25, 0.3) is 0 Å². The van der Waals surface area contributed by atoms with Crippen molar-refractivity contribution in [3.8, 4) is 0 Å². The number of nitro groups is 1. The molecule has 0 atom stereocenters. The third kappa shape index (κ3) is 4.24. The third-order valence-corrected chi connectivity index (χ3v) is 3.23. The fraction of sp³-hybridized carbons (Fsp3) is 0.235. The van der Waals surface area contributed by atoms with E-state index in [0.717, 1.165) is 36.1 Å². The number of benzene rings is 2. The average molecular weight is 282 g/mol. The number of aryl methyl sites for hydroxylation is 1. The second-order valence-corrected chi connectivity index (χ2v) is 4.84. The zero-order valence-electron chi connectivity index (χ0n) is 12.0. The summed E-state index contributed by atoms with van der Waals surface area (Å²) in [6.45, 7) is 2.10. The van der Waals surface area contributed by atoms with Crippen LogP contribution >= 0.6 is 0 Å². The minimum absolute atomic E-state index is 0.125. The van der Waals surface area contributed by atoms with Crippen LogP contribution in [-0.2, 0) is 6.42 Å². The highest BCUT2D eigenvalue weighted by Gasteiger charge is 2.09. The second kappa shape index (κ2) is 7.33. The second-order valence-electron chi connectivity index (χ2n) is 4.84. The summed E-state index contributed by atoms with van der Waals surface area (Å²) < 4.78 is 0. The highest BCUT2D eigenvalue weighted by atomic mass is 16.6. The first-order valence-corrected chi connectivity index (χ1v) is 7.07. The fourth-order valence-electron chi connectivity index (χ4n) is 2.06. The van der Waals surface area contributed by atoms with Crippen molar-refractivity contribution in [1.29, 1.82) is 0 Å². The molecule has 0 amide bonds. The standard InChI is InChI=1S/C17H18N2O2/c1-2-3-9-15-12-16(19(20)21)10-11-17(15)18-13-14-7-5-4-6-8-14/h4-8,10-13H,2-3,9H2,1H3. The minimum Gasteiger partial charge on any atom is -0.258 e. The number of aliphatic imine (C=N–C) groups is 1. The molecule has 108 valence electrons. The molecule has 0 fully saturated rings. The summed E-state index contributed by atoms with van der Waals surface area (Å²) in [7, 11) is 0. The molecule has 0 aliphatic rings. The molecule has 0 spiro atoms. The first kappa shape index (κ1) is 14.9. The number of rotatable bonds is 6. The maximum Gasteiger partial charge on any atom is 0.269 e. The topological polar surface area (TPSA) is 55.5 Å². The van der Waals surface area contributed by atoms with Gasteiger partial charge in [0.15, 0.2) is 0 Å². The summed E-state index contributed by atoms with van der Waals surface area (Å²) in [4.78, 5) is 15.0. The molecule has 4 nitrogen and oxygen atoms in total. The van der Waals surface area contributed by atoms with Gasteiger partial charge in [0.25, 0.3) is 5.69 Å². The number of hydrogen-bond acceptors (Lipinski definition) is 3. The molecule has 0 bridgehead atoms. The lowest BCUT2D eigenvalue weighted by atomic mass is 10.1. The lowest BCUT2D eigenvalue weighted by Gasteiger charge is -2.05. The predicted molar refractivity (Wildman–Crippen MR) is 85.4 cm³/mol. The Kier molecular flexibility index (Phi) is 5.21. The molecule has 0 saturated carbocycles. The van der Waals surface area contributed by atoms with Crippen LogP contribution in [0.1, 0.15) is 30.9 Å². The van der Waals surface area contributed by atoms with Crippen molar-refractivity contribution in [3.63, 3.8) is 0 Å². The number of unbranched alkanes of at least 4 members (excludes halogenated alkanes) is 1. The van der Waals surface area contributed by atoms with Crippen LogP contribution in [-0.4, -0.2) is 11.1 Å². The summed E-state index contributed by atoms with van der Waals surface area (Å²) in [5, 5.41) is 10.9. The van der Waals surface area contributed by atoms with E-state index in [9.17, 15) is 10.1 Å². The van der Waals surface area contributed by atoms with Gasteiger partial charge in [-0.25, -0.2) is 0 Å². The van der Waals surface area contributed by atoms with Gasteiger partial charge >= 0.3 is 0 Å². The van der Waals surface area contributed by atoms with Crippen LogP contribution < -0.4 is 0 Å². The van der Waals surface area contributed by atoms with Crippen LogP contribution in [0, 0.1) is 10.1 Å². The molecule has 2 aromatic carbocycles. The first-order chi connectivity index (χ1) is 10.2. The summed E-state index contributed by atoms with van der Waals surface area (Å²) in [6, 6.07) is 14.7. The molecule has 0 aromatic heterocycles. The van der Waals surface area contributed by atoms with Gasteiger partial charge in [0.2, 0.25) is 0 Å². The lowest BCUT2D eigenvalue weighted by molar-refractivity contribution is -0.384. The van der Waals surface area contributed by atoms with E-state index in [4.69, 9.17) is 0 Å². The Morgan fingerprint density at radius 1 is 1.19 bits per heavy atom. The summed E-state index contributed by atoms with van der Waals surface area (Å²) in [5.74, 6) is 0. The Bertz CT molecular complexity index is 636. The Morgan fingerprint density at radius 2 is 1.95 bits per heavy atom. The molecule has 4 heteroatoms. The van der Waals surface area contributed by atoms with Gasteiger partial charge in [-0.1, -0.05) is 43.7 Å². The van der Waals surface area contributed by atoms with Crippen LogP contribution in [0.3, 0.4) is 0 Å². The Morgan fingerprint density at radius 3 is 2.62 bits per heavy atom. The average Bonchev–Trinajstić information content (AvgIpc) is 2.52. The summed E-state index contributed by atoms with van der Waals surface area (Å²) in [6.07, 6.45) is 4.63. The van der Waals surface area contributed by atoms with E-state index in [-0.39, 0.29) is 10.6 Å². The van der Waals surface area contributed by atoms with Gasteiger partial charge in [0.05, 0.1) is 10.6 Å². The number of non-ortho nitro benzene ring substituents is 1. The smallest absolute Gasteiger partial charge is 0.258 e. The Balaban J connectivity index is 2.28. The first-order valence-electron chi connectivity index (χ1n) is 7.07. The Hall–Kier alpha value is -2.49. The van der Waals surface area contributed by atoms with Crippen molar-refractivity contribution < 1.29 is 4.92 Å². The molecule has 0 heterocycles. The molecular weight excluding hydrogens is 264 g/mol. The fourth-order valence-corrected chi connectivity index (χ4v) is 2.06. The predicted octanol–water partition coefficient (Wildman–Crippen LogP) is 4.69. The van der Waals surface area contributed by atoms with E-state index in [1.54, 1.807) is 18.3 Å². The highest BCUT2D eigenvalue weighted by molar-refractivity contribution is 5.82. The third-order valence-electron chi connectivity index (χ3n) is 3.23. The van der Waals surface area contributed by atoms with Crippen molar-refractivity contribution in [2.24, 2.45) is 4.99 Å². The number of nitrogens with zero attached hydrogens (tertiary/aromatic N) is 2. The van der Waals surface area contributed by atoms with E-state index in [2.05, 4.69) is 11.9 Å². The largest absolute Gasteiger partial charge is 0.269 e. The van der Waals surface area contributed by atoms with Gasteiger partial charge in [-0.2, -0.15) is 0 Å². The van der Waals surface area contributed by atoms with E-state index in [1.165, 1.54) is 6.07 Å². The zero-order valence-corrected chi connectivity index (χ0v) is 12.0. The van der Waals surface area contributed by atoms with Gasteiger partial charge in [0, 0.05) is 18.3 Å².